The molecule has 3 nitrogen and oxygen atoms in total. The van der Waals surface area contributed by atoms with Gasteiger partial charge in [-0.15, -0.1) is 0 Å². The number of nitrogens with zero attached hydrogens (tertiary/aromatic N) is 1. The summed E-state index contributed by atoms with van der Waals surface area (Å²) in [6, 6.07) is 8.93. The molecular formula is C14H13NO2. The number of carbonyl (C=O) groups is 1. The van der Waals surface area contributed by atoms with Gasteiger partial charge in [0.25, 0.3) is 0 Å². The minimum atomic E-state index is -0.912. The van der Waals surface area contributed by atoms with E-state index in [1.165, 1.54) is 0 Å². The Balaban J connectivity index is 2.56. The van der Waals surface area contributed by atoms with Crippen LogP contribution in [0.5, 0.6) is 0 Å². The first-order valence-electron chi connectivity index (χ1n) is 5.35. The maximum absolute atomic E-state index is 10.9. The number of carboxylic acid groups (broad SMARTS) is 1. The minimum absolute atomic E-state index is 0.295. The van der Waals surface area contributed by atoms with Crippen molar-refractivity contribution in [2.24, 2.45) is 0 Å². The van der Waals surface area contributed by atoms with E-state index in [9.17, 15) is 4.79 Å². The van der Waals surface area contributed by atoms with Gasteiger partial charge >= 0.3 is 5.97 Å². The van der Waals surface area contributed by atoms with Crippen LogP contribution >= 0.6 is 0 Å². The molecule has 0 bridgehead atoms. The smallest absolute Gasteiger partial charge is 0.335 e. The fraction of sp³-hybridized carbons (Fsp3) is 0.143. The Morgan fingerprint density at radius 2 is 2.00 bits per heavy atom. The summed E-state index contributed by atoms with van der Waals surface area (Å²) in [5.74, 6) is -0.912. The van der Waals surface area contributed by atoms with Crippen LogP contribution in [-0.4, -0.2) is 16.1 Å². The van der Waals surface area contributed by atoms with E-state index in [1.54, 1.807) is 24.4 Å². The second-order valence-corrected chi connectivity index (χ2v) is 4.03. The van der Waals surface area contributed by atoms with Gasteiger partial charge in [0.1, 0.15) is 0 Å². The number of rotatable bonds is 2. The van der Waals surface area contributed by atoms with Gasteiger partial charge < -0.3 is 5.11 Å². The topological polar surface area (TPSA) is 50.2 Å². The fourth-order valence-corrected chi connectivity index (χ4v) is 1.75. The molecule has 17 heavy (non-hydrogen) atoms. The SMILES string of the molecule is Cc1cnc(C)c(-c2cccc(C(=O)O)c2)c1. The molecule has 0 aliphatic carbocycles. The first-order valence-corrected chi connectivity index (χ1v) is 5.35. The molecular weight excluding hydrogens is 214 g/mol. The first-order chi connectivity index (χ1) is 8.08. The Labute approximate surface area is 99.8 Å². The van der Waals surface area contributed by atoms with Crippen molar-refractivity contribution in [3.05, 3.63) is 53.3 Å². The number of hydrogen-bond donors (Lipinski definition) is 1. The molecule has 0 fully saturated rings. The molecule has 0 atom stereocenters. The van der Waals surface area contributed by atoms with Crippen LogP contribution in [0, 0.1) is 13.8 Å². The molecule has 2 aromatic rings. The Morgan fingerprint density at radius 1 is 1.24 bits per heavy atom. The third kappa shape index (κ3) is 2.33. The van der Waals surface area contributed by atoms with E-state index in [0.717, 1.165) is 22.4 Å². The predicted molar refractivity (Wildman–Crippen MR) is 66.1 cm³/mol. The highest BCUT2D eigenvalue weighted by Crippen LogP contribution is 2.23. The molecule has 86 valence electrons. The summed E-state index contributed by atoms with van der Waals surface area (Å²) in [5.41, 5.74) is 4.12. The first kappa shape index (κ1) is 11.3. The van der Waals surface area contributed by atoms with Gasteiger partial charge in [0.15, 0.2) is 0 Å². The van der Waals surface area contributed by atoms with E-state index in [-0.39, 0.29) is 0 Å². The lowest BCUT2D eigenvalue weighted by Crippen LogP contribution is -1.96. The van der Waals surface area contributed by atoms with E-state index in [2.05, 4.69) is 4.98 Å². The molecule has 0 amide bonds. The summed E-state index contributed by atoms with van der Waals surface area (Å²) >= 11 is 0. The Hall–Kier alpha value is -2.16. The predicted octanol–water partition coefficient (Wildman–Crippen LogP) is 3.06. The summed E-state index contributed by atoms with van der Waals surface area (Å²) in [7, 11) is 0. The largest absolute Gasteiger partial charge is 0.478 e. The average Bonchev–Trinajstić information content (AvgIpc) is 2.32. The van der Waals surface area contributed by atoms with Gasteiger partial charge in [0, 0.05) is 17.5 Å². The van der Waals surface area contributed by atoms with Crippen molar-refractivity contribution >= 4 is 5.97 Å². The van der Waals surface area contributed by atoms with Crippen molar-refractivity contribution in [1.29, 1.82) is 0 Å². The Morgan fingerprint density at radius 3 is 2.71 bits per heavy atom. The zero-order valence-electron chi connectivity index (χ0n) is 9.77. The van der Waals surface area contributed by atoms with Crippen LogP contribution in [0.1, 0.15) is 21.6 Å². The number of hydrogen-bond acceptors (Lipinski definition) is 2. The molecule has 1 aromatic heterocycles. The summed E-state index contributed by atoms with van der Waals surface area (Å²) < 4.78 is 0. The zero-order chi connectivity index (χ0) is 12.4. The average molecular weight is 227 g/mol. The van der Waals surface area contributed by atoms with Crippen molar-refractivity contribution in [3.63, 3.8) is 0 Å². The van der Waals surface area contributed by atoms with Crippen molar-refractivity contribution < 1.29 is 9.90 Å². The lowest BCUT2D eigenvalue weighted by atomic mass is 10.0. The number of aryl methyl sites for hydroxylation is 2. The molecule has 2 rings (SSSR count). The third-order valence-corrected chi connectivity index (χ3v) is 2.64. The normalized spacial score (nSPS) is 10.2. The quantitative estimate of drug-likeness (QED) is 0.857. The van der Waals surface area contributed by atoms with Crippen LogP contribution < -0.4 is 0 Å². The number of benzene rings is 1. The van der Waals surface area contributed by atoms with Gasteiger partial charge in [0.05, 0.1) is 5.56 Å². The van der Waals surface area contributed by atoms with Crippen LogP contribution in [0.3, 0.4) is 0 Å². The van der Waals surface area contributed by atoms with E-state index >= 15 is 0 Å². The van der Waals surface area contributed by atoms with Crippen LogP contribution in [0.25, 0.3) is 11.1 Å². The highest BCUT2D eigenvalue weighted by molar-refractivity contribution is 5.89. The molecule has 3 heteroatoms. The molecule has 0 aliphatic rings. The van der Waals surface area contributed by atoms with Gasteiger partial charge in [-0.3, -0.25) is 4.98 Å². The van der Waals surface area contributed by atoms with Gasteiger partial charge in [-0.05, 0) is 43.2 Å². The molecule has 1 aromatic carbocycles. The van der Waals surface area contributed by atoms with Crippen LogP contribution in [0.15, 0.2) is 36.5 Å². The summed E-state index contributed by atoms with van der Waals surface area (Å²) in [4.78, 5) is 15.2. The molecule has 0 unspecified atom stereocenters. The maximum atomic E-state index is 10.9. The van der Waals surface area contributed by atoms with Crippen molar-refractivity contribution in [2.75, 3.05) is 0 Å². The molecule has 0 saturated carbocycles. The molecule has 0 saturated heterocycles. The van der Waals surface area contributed by atoms with Gasteiger partial charge in [-0.2, -0.15) is 0 Å². The van der Waals surface area contributed by atoms with Gasteiger partial charge in [-0.1, -0.05) is 12.1 Å². The van der Waals surface area contributed by atoms with Crippen molar-refractivity contribution in [1.82, 2.24) is 4.98 Å². The van der Waals surface area contributed by atoms with E-state index in [4.69, 9.17) is 5.11 Å². The summed E-state index contributed by atoms with van der Waals surface area (Å²) in [5, 5.41) is 8.96. The second kappa shape index (κ2) is 4.37. The van der Waals surface area contributed by atoms with Crippen LogP contribution in [-0.2, 0) is 0 Å². The number of aromatic nitrogens is 1. The monoisotopic (exact) mass is 227 g/mol. The van der Waals surface area contributed by atoms with E-state index in [1.807, 2.05) is 26.0 Å². The zero-order valence-corrected chi connectivity index (χ0v) is 9.77. The van der Waals surface area contributed by atoms with E-state index in [0.29, 0.717) is 5.56 Å². The maximum Gasteiger partial charge on any atom is 0.335 e. The Bertz CT molecular complexity index is 576. The summed E-state index contributed by atoms with van der Waals surface area (Å²) in [6.07, 6.45) is 1.81. The standard InChI is InChI=1S/C14H13NO2/c1-9-6-13(10(2)15-8-9)11-4-3-5-12(7-11)14(16)17/h3-8H,1-2H3,(H,16,17). The number of carboxylic acids is 1. The highest BCUT2D eigenvalue weighted by Gasteiger charge is 2.07. The van der Waals surface area contributed by atoms with Gasteiger partial charge in [0.2, 0.25) is 0 Å². The lowest BCUT2D eigenvalue weighted by Gasteiger charge is -2.07. The number of aromatic carboxylic acids is 1. The van der Waals surface area contributed by atoms with Crippen molar-refractivity contribution in [3.8, 4) is 11.1 Å². The minimum Gasteiger partial charge on any atom is -0.478 e. The second-order valence-electron chi connectivity index (χ2n) is 4.03. The highest BCUT2D eigenvalue weighted by atomic mass is 16.4. The van der Waals surface area contributed by atoms with Crippen LogP contribution in [0.4, 0.5) is 0 Å². The molecule has 0 aliphatic heterocycles. The third-order valence-electron chi connectivity index (χ3n) is 2.64. The summed E-state index contributed by atoms with van der Waals surface area (Å²) in [6.45, 7) is 3.89. The van der Waals surface area contributed by atoms with Crippen molar-refractivity contribution in [2.45, 2.75) is 13.8 Å². The molecule has 1 heterocycles. The van der Waals surface area contributed by atoms with Crippen LogP contribution in [0.2, 0.25) is 0 Å². The Kier molecular flexibility index (Phi) is 2.91. The molecule has 1 N–H and O–H groups in total. The van der Waals surface area contributed by atoms with Gasteiger partial charge in [-0.25, -0.2) is 4.79 Å². The molecule has 0 spiro atoms. The fourth-order valence-electron chi connectivity index (χ4n) is 1.75. The number of pyridine rings is 1. The lowest BCUT2D eigenvalue weighted by molar-refractivity contribution is 0.0697. The van der Waals surface area contributed by atoms with E-state index < -0.39 is 5.97 Å². The molecule has 0 radical (unpaired) electrons.